The molecule has 0 unspecified atom stereocenters. The molecular weight excluding hydrogens is 294 g/mol. The van der Waals surface area contributed by atoms with Crippen molar-refractivity contribution in [2.75, 3.05) is 7.11 Å². The number of rotatable bonds is 4. The van der Waals surface area contributed by atoms with Gasteiger partial charge in [-0.2, -0.15) is 0 Å². The molecule has 0 atom stereocenters. The van der Waals surface area contributed by atoms with Gasteiger partial charge in [0.1, 0.15) is 22.8 Å². The van der Waals surface area contributed by atoms with Crippen LogP contribution in [-0.4, -0.2) is 19.3 Å². The number of para-hydroxylation sites is 2. The third kappa shape index (κ3) is 3.40. The van der Waals surface area contributed by atoms with Gasteiger partial charge in [-0.15, -0.1) is 0 Å². The maximum absolute atomic E-state index is 11.1. The van der Waals surface area contributed by atoms with Crippen LogP contribution in [-0.2, 0) is 4.79 Å². The molecule has 0 N–H and O–H groups in total. The second kappa shape index (κ2) is 6.36. The van der Waals surface area contributed by atoms with Crippen LogP contribution in [0.15, 0.2) is 57.9 Å². The second-order valence-electron chi connectivity index (χ2n) is 4.87. The third-order valence-corrected chi connectivity index (χ3v) is 3.20. The fraction of sp³-hybridized carbons (Fsp3) is 0.111. The second-order valence-corrected chi connectivity index (χ2v) is 4.87. The van der Waals surface area contributed by atoms with E-state index in [4.69, 9.17) is 13.9 Å². The number of aliphatic imine (C=N–C) groups is 1. The molecule has 116 valence electrons. The molecule has 2 aromatic carbocycles. The maximum Gasteiger partial charge on any atom is 0.308 e. The minimum absolute atomic E-state index is 0.386. The van der Waals surface area contributed by atoms with E-state index in [0.717, 1.165) is 16.7 Å². The zero-order chi connectivity index (χ0) is 16.2. The molecule has 0 saturated heterocycles. The van der Waals surface area contributed by atoms with E-state index in [1.165, 1.54) is 6.92 Å². The number of ether oxygens (including phenoxy) is 2. The SMILES string of the molecule is COc1ccc2cc(C=Nc3ccccc3OC(C)=O)oc2c1. The number of carbonyl (C=O) groups excluding carboxylic acids is 1. The maximum atomic E-state index is 11.1. The van der Waals surface area contributed by atoms with Crippen molar-refractivity contribution in [2.24, 2.45) is 4.99 Å². The van der Waals surface area contributed by atoms with Crippen molar-refractivity contribution in [1.29, 1.82) is 0 Å². The lowest BCUT2D eigenvalue weighted by Gasteiger charge is -2.03. The molecule has 0 aliphatic carbocycles. The number of benzene rings is 2. The molecule has 0 aliphatic heterocycles. The van der Waals surface area contributed by atoms with Gasteiger partial charge in [0, 0.05) is 18.4 Å². The highest BCUT2D eigenvalue weighted by Gasteiger charge is 2.06. The van der Waals surface area contributed by atoms with E-state index >= 15 is 0 Å². The monoisotopic (exact) mass is 309 g/mol. The molecule has 3 aromatic rings. The number of fused-ring (bicyclic) bond motifs is 1. The summed E-state index contributed by atoms with van der Waals surface area (Å²) in [5, 5.41) is 0.959. The van der Waals surface area contributed by atoms with Crippen molar-refractivity contribution in [3.8, 4) is 11.5 Å². The van der Waals surface area contributed by atoms with Gasteiger partial charge in [0.25, 0.3) is 0 Å². The van der Waals surface area contributed by atoms with Crippen LogP contribution in [0, 0.1) is 0 Å². The fourth-order valence-corrected chi connectivity index (χ4v) is 2.16. The summed E-state index contributed by atoms with van der Waals surface area (Å²) in [5.74, 6) is 1.36. The van der Waals surface area contributed by atoms with Gasteiger partial charge in [0.05, 0.1) is 13.3 Å². The highest BCUT2D eigenvalue weighted by Crippen LogP contribution is 2.28. The van der Waals surface area contributed by atoms with Gasteiger partial charge in [-0.1, -0.05) is 12.1 Å². The Morgan fingerprint density at radius 2 is 2.00 bits per heavy atom. The normalized spacial score (nSPS) is 11.0. The van der Waals surface area contributed by atoms with Gasteiger partial charge < -0.3 is 13.9 Å². The molecule has 0 fully saturated rings. The average molecular weight is 309 g/mol. The predicted molar refractivity (Wildman–Crippen MR) is 87.8 cm³/mol. The summed E-state index contributed by atoms with van der Waals surface area (Å²) < 4.78 is 16.0. The number of methoxy groups -OCH3 is 1. The van der Waals surface area contributed by atoms with Gasteiger partial charge in [-0.05, 0) is 30.3 Å². The highest BCUT2D eigenvalue weighted by molar-refractivity contribution is 5.89. The fourth-order valence-electron chi connectivity index (χ4n) is 2.16. The Labute approximate surface area is 133 Å². The topological polar surface area (TPSA) is 61.0 Å². The predicted octanol–water partition coefficient (Wildman–Crippen LogP) is 4.12. The molecule has 3 rings (SSSR count). The smallest absolute Gasteiger partial charge is 0.308 e. The van der Waals surface area contributed by atoms with E-state index < -0.39 is 0 Å². The van der Waals surface area contributed by atoms with Crippen molar-refractivity contribution in [2.45, 2.75) is 6.92 Å². The zero-order valence-corrected chi connectivity index (χ0v) is 12.8. The number of furan rings is 1. The van der Waals surface area contributed by atoms with Crippen LogP contribution in [0.5, 0.6) is 11.5 Å². The van der Waals surface area contributed by atoms with Crippen LogP contribution < -0.4 is 9.47 Å². The van der Waals surface area contributed by atoms with Gasteiger partial charge in [0.15, 0.2) is 5.75 Å². The van der Waals surface area contributed by atoms with Crippen LogP contribution >= 0.6 is 0 Å². The van der Waals surface area contributed by atoms with Crippen LogP contribution in [0.25, 0.3) is 11.0 Å². The van der Waals surface area contributed by atoms with E-state index in [9.17, 15) is 4.79 Å². The Morgan fingerprint density at radius 3 is 2.78 bits per heavy atom. The standard InChI is InChI=1S/C18H15NO4/c1-12(20)22-17-6-4-3-5-16(17)19-11-15-9-13-7-8-14(21-2)10-18(13)23-15/h3-11H,1-2H3. The lowest BCUT2D eigenvalue weighted by Crippen LogP contribution is -2.01. The molecule has 0 spiro atoms. The number of esters is 1. The lowest BCUT2D eigenvalue weighted by atomic mass is 10.2. The molecular formula is C18H15NO4. The summed E-state index contributed by atoms with van der Waals surface area (Å²) in [6.07, 6.45) is 1.59. The average Bonchev–Trinajstić information content (AvgIpc) is 2.95. The number of hydrogen-bond acceptors (Lipinski definition) is 5. The first-order valence-electron chi connectivity index (χ1n) is 7.05. The Hall–Kier alpha value is -3.08. The summed E-state index contributed by atoms with van der Waals surface area (Å²) in [7, 11) is 1.61. The summed E-state index contributed by atoms with van der Waals surface area (Å²) in [4.78, 5) is 15.5. The lowest BCUT2D eigenvalue weighted by molar-refractivity contribution is -0.131. The summed E-state index contributed by atoms with van der Waals surface area (Å²) in [6, 6.07) is 14.6. The molecule has 23 heavy (non-hydrogen) atoms. The summed E-state index contributed by atoms with van der Waals surface area (Å²) in [6.45, 7) is 1.35. The quantitative estimate of drug-likeness (QED) is 0.413. The van der Waals surface area contributed by atoms with Crippen molar-refractivity contribution >= 4 is 28.8 Å². The Morgan fingerprint density at radius 1 is 1.17 bits per heavy atom. The molecule has 1 aromatic heterocycles. The summed E-state index contributed by atoms with van der Waals surface area (Å²) in [5.41, 5.74) is 1.28. The van der Waals surface area contributed by atoms with Crippen LogP contribution in [0.2, 0.25) is 0 Å². The van der Waals surface area contributed by atoms with Gasteiger partial charge >= 0.3 is 5.97 Å². The van der Waals surface area contributed by atoms with Crippen molar-refractivity contribution in [3.63, 3.8) is 0 Å². The van der Waals surface area contributed by atoms with Crippen LogP contribution in [0.4, 0.5) is 5.69 Å². The number of nitrogens with zero attached hydrogens (tertiary/aromatic N) is 1. The van der Waals surface area contributed by atoms with Crippen molar-refractivity contribution in [1.82, 2.24) is 0 Å². The molecule has 5 heteroatoms. The van der Waals surface area contributed by atoms with Gasteiger partial charge in [-0.3, -0.25) is 4.79 Å². The first-order chi connectivity index (χ1) is 11.2. The Balaban J connectivity index is 1.89. The van der Waals surface area contributed by atoms with Gasteiger partial charge in [-0.25, -0.2) is 4.99 Å². The Kier molecular flexibility index (Phi) is 4.10. The first-order valence-corrected chi connectivity index (χ1v) is 7.05. The third-order valence-electron chi connectivity index (χ3n) is 3.20. The minimum Gasteiger partial charge on any atom is -0.497 e. The van der Waals surface area contributed by atoms with E-state index in [0.29, 0.717) is 17.2 Å². The molecule has 0 radical (unpaired) electrons. The van der Waals surface area contributed by atoms with Gasteiger partial charge in [0.2, 0.25) is 0 Å². The number of carbonyl (C=O) groups is 1. The van der Waals surface area contributed by atoms with Crippen molar-refractivity contribution < 1.29 is 18.7 Å². The van der Waals surface area contributed by atoms with Crippen molar-refractivity contribution in [3.05, 3.63) is 54.3 Å². The van der Waals surface area contributed by atoms with E-state index in [-0.39, 0.29) is 5.97 Å². The molecule has 1 heterocycles. The van der Waals surface area contributed by atoms with E-state index in [1.807, 2.05) is 30.3 Å². The first kappa shape index (κ1) is 14.8. The van der Waals surface area contributed by atoms with E-state index in [1.54, 1.807) is 31.5 Å². The molecule has 0 bridgehead atoms. The summed E-state index contributed by atoms with van der Waals surface area (Å²) >= 11 is 0. The largest absolute Gasteiger partial charge is 0.497 e. The molecule has 0 saturated carbocycles. The number of hydrogen-bond donors (Lipinski definition) is 0. The van der Waals surface area contributed by atoms with Crippen LogP contribution in [0.3, 0.4) is 0 Å². The Bertz CT molecular complexity index is 880. The highest BCUT2D eigenvalue weighted by atomic mass is 16.5. The van der Waals surface area contributed by atoms with Crippen LogP contribution in [0.1, 0.15) is 12.7 Å². The molecule has 0 amide bonds. The zero-order valence-electron chi connectivity index (χ0n) is 12.8. The van der Waals surface area contributed by atoms with E-state index in [2.05, 4.69) is 4.99 Å². The molecule has 0 aliphatic rings. The minimum atomic E-state index is -0.386. The molecule has 5 nitrogen and oxygen atoms in total.